The van der Waals surface area contributed by atoms with Crippen LogP contribution in [0.2, 0.25) is 0 Å². The number of aliphatic hydroxyl groups excluding tert-OH is 1. The molecule has 0 spiro atoms. The Labute approximate surface area is 99.5 Å². The van der Waals surface area contributed by atoms with Gasteiger partial charge in [-0.15, -0.1) is 0 Å². The minimum Gasteiger partial charge on any atom is -0.388 e. The molecule has 92 valence electrons. The fourth-order valence-corrected chi connectivity index (χ4v) is 2.82. The van der Waals surface area contributed by atoms with Gasteiger partial charge in [0.2, 0.25) is 0 Å². The van der Waals surface area contributed by atoms with E-state index in [1.165, 1.54) is 12.1 Å². The summed E-state index contributed by atoms with van der Waals surface area (Å²) in [5, 5.41) is 10.3. The third-order valence-electron chi connectivity index (χ3n) is 4.00. The van der Waals surface area contributed by atoms with E-state index in [0.29, 0.717) is 11.8 Å². The van der Waals surface area contributed by atoms with E-state index in [1.54, 1.807) is 0 Å². The van der Waals surface area contributed by atoms with Crippen molar-refractivity contribution < 1.29 is 13.9 Å². The Morgan fingerprint density at radius 1 is 1.06 bits per heavy atom. The second-order valence-corrected chi connectivity index (χ2v) is 5.34. The zero-order valence-corrected chi connectivity index (χ0v) is 9.57. The lowest BCUT2D eigenvalue weighted by atomic mass is 9.87. The van der Waals surface area contributed by atoms with Gasteiger partial charge in [0.05, 0.1) is 6.10 Å². The average molecular weight is 238 g/mol. The molecular formula is C14H16F2O. The largest absolute Gasteiger partial charge is 0.388 e. The third kappa shape index (κ3) is 2.08. The van der Waals surface area contributed by atoms with Crippen LogP contribution in [0.25, 0.3) is 0 Å². The standard InChI is InChI=1S/C14H16F2O/c15-11-3-1-2-10(13(11)16)14(17)12(8-4-5-8)9-6-7-9/h1-3,8-9,12,14,17H,4-7H2. The molecule has 1 aromatic carbocycles. The summed E-state index contributed by atoms with van der Waals surface area (Å²) in [6, 6.07) is 4.06. The molecule has 1 N–H and O–H groups in total. The smallest absolute Gasteiger partial charge is 0.164 e. The fraction of sp³-hybridized carbons (Fsp3) is 0.571. The van der Waals surface area contributed by atoms with Gasteiger partial charge in [0.15, 0.2) is 11.6 Å². The van der Waals surface area contributed by atoms with Crippen molar-refractivity contribution in [1.29, 1.82) is 0 Å². The number of aliphatic hydroxyl groups is 1. The molecule has 1 unspecified atom stereocenters. The van der Waals surface area contributed by atoms with Crippen LogP contribution in [0.3, 0.4) is 0 Å². The van der Waals surface area contributed by atoms with Crippen molar-refractivity contribution in [3.8, 4) is 0 Å². The van der Waals surface area contributed by atoms with Gasteiger partial charge in [-0.3, -0.25) is 0 Å². The summed E-state index contributed by atoms with van der Waals surface area (Å²) in [4.78, 5) is 0. The van der Waals surface area contributed by atoms with Gasteiger partial charge in [-0.25, -0.2) is 8.78 Å². The summed E-state index contributed by atoms with van der Waals surface area (Å²) >= 11 is 0. The summed E-state index contributed by atoms with van der Waals surface area (Å²) in [6.45, 7) is 0. The Hall–Kier alpha value is -0.960. The van der Waals surface area contributed by atoms with Crippen molar-refractivity contribution in [2.24, 2.45) is 17.8 Å². The molecule has 1 nitrogen and oxygen atoms in total. The molecule has 0 bridgehead atoms. The first kappa shape index (κ1) is 11.1. The molecule has 0 aliphatic heterocycles. The van der Waals surface area contributed by atoms with E-state index in [-0.39, 0.29) is 11.5 Å². The van der Waals surface area contributed by atoms with E-state index in [1.807, 2.05) is 0 Å². The normalized spacial score (nSPS) is 21.9. The first-order valence-electron chi connectivity index (χ1n) is 6.30. The van der Waals surface area contributed by atoms with Gasteiger partial charge in [-0.1, -0.05) is 12.1 Å². The van der Waals surface area contributed by atoms with Crippen molar-refractivity contribution in [3.05, 3.63) is 35.4 Å². The first-order valence-corrected chi connectivity index (χ1v) is 6.30. The maximum atomic E-state index is 13.6. The second kappa shape index (κ2) is 4.05. The molecule has 1 atom stereocenters. The first-order chi connectivity index (χ1) is 8.18. The number of hydrogen-bond donors (Lipinski definition) is 1. The SMILES string of the molecule is OC(c1cccc(F)c1F)C(C1CC1)C1CC1. The van der Waals surface area contributed by atoms with E-state index in [9.17, 15) is 13.9 Å². The lowest BCUT2D eigenvalue weighted by Gasteiger charge is -2.23. The van der Waals surface area contributed by atoms with Crippen molar-refractivity contribution in [3.63, 3.8) is 0 Å². The molecule has 2 fully saturated rings. The van der Waals surface area contributed by atoms with Crippen LogP contribution in [0.4, 0.5) is 8.78 Å². The van der Waals surface area contributed by atoms with Crippen LogP contribution in [-0.2, 0) is 0 Å². The maximum absolute atomic E-state index is 13.6. The van der Waals surface area contributed by atoms with Gasteiger partial charge in [0, 0.05) is 5.56 Å². The van der Waals surface area contributed by atoms with Crippen LogP contribution in [0, 0.1) is 29.4 Å². The predicted octanol–water partition coefficient (Wildman–Crippen LogP) is 3.43. The van der Waals surface area contributed by atoms with E-state index in [4.69, 9.17) is 0 Å². The molecule has 2 aliphatic rings. The van der Waals surface area contributed by atoms with Crippen LogP contribution in [0.5, 0.6) is 0 Å². The van der Waals surface area contributed by atoms with Crippen molar-refractivity contribution in [2.45, 2.75) is 31.8 Å². The van der Waals surface area contributed by atoms with Crippen LogP contribution in [-0.4, -0.2) is 5.11 Å². The molecule has 1 aromatic rings. The topological polar surface area (TPSA) is 20.2 Å². The van der Waals surface area contributed by atoms with E-state index in [2.05, 4.69) is 0 Å². The molecule has 0 heterocycles. The Morgan fingerprint density at radius 2 is 1.65 bits per heavy atom. The molecule has 0 amide bonds. The predicted molar refractivity (Wildman–Crippen MR) is 60.3 cm³/mol. The summed E-state index contributed by atoms with van der Waals surface area (Å²) in [5.41, 5.74) is 0.133. The molecule has 2 aliphatic carbocycles. The van der Waals surface area contributed by atoms with Gasteiger partial charge < -0.3 is 5.11 Å². The highest BCUT2D eigenvalue weighted by atomic mass is 19.2. The Kier molecular flexibility index (Phi) is 2.66. The van der Waals surface area contributed by atoms with E-state index < -0.39 is 17.7 Å². The Morgan fingerprint density at radius 3 is 2.18 bits per heavy atom. The average Bonchev–Trinajstić information content (AvgIpc) is 3.14. The number of benzene rings is 1. The Balaban J connectivity index is 1.88. The lowest BCUT2D eigenvalue weighted by molar-refractivity contribution is 0.0782. The van der Waals surface area contributed by atoms with Crippen molar-refractivity contribution in [2.75, 3.05) is 0 Å². The van der Waals surface area contributed by atoms with Crippen molar-refractivity contribution >= 4 is 0 Å². The number of hydrogen-bond acceptors (Lipinski definition) is 1. The third-order valence-corrected chi connectivity index (χ3v) is 4.00. The minimum atomic E-state index is -0.883. The second-order valence-electron chi connectivity index (χ2n) is 5.34. The quantitative estimate of drug-likeness (QED) is 0.852. The van der Waals surface area contributed by atoms with E-state index in [0.717, 1.165) is 31.7 Å². The highest BCUT2D eigenvalue weighted by molar-refractivity contribution is 5.23. The van der Waals surface area contributed by atoms with Gasteiger partial charge in [-0.05, 0) is 49.5 Å². The molecule has 3 rings (SSSR count). The van der Waals surface area contributed by atoms with Crippen LogP contribution < -0.4 is 0 Å². The van der Waals surface area contributed by atoms with Crippen LogP contribution in [0.15, 0.2) is 18.2 Å². The molecule has 0 radical (unpaired) electrons. The maximum Gasteiger partial charge on any atom is 0.164 e. The molecule has 0 saturated heterocycles. The lowest BCUT2D eigenvalue weighted by Crippen LogP contribution is -2.18. The number of halogens is 2. The molecular weight excluding hydrogens is 222 g/mol. The van der Waals surface area contributed by atoms with Crippen LogP contribution >= 0.6 is 0 Å². The Bertz CT molecular complexity index is 412. The van der Waals surface area contributed by atoms with Gasteiger partial charge in [0.1, 0.15) is 0 Å². The summed E-state index contributed by atoms with van der Waals surface area (Å²) in [5.74, 6) is -0.593. The fourth-order valence-electron chi connectivity index (χ4n) is 2.82. The summed E-state index contributed by atoms with van der Waals surface area (Å²) in [7, 11) is 0. The highest BCUT2D eigenvalue weighted by Gasteiger charge is 2.46. The molecule has 2 saturated carbocycles. The number of rotatable bonds is 4. The molecule has 3 heteroatoms. The monoisotopic (exact) mass is 238 g/mol. The van der Waals surface area contributed by atoms with E-state index >= 15 is 0 Å². The van der Waals surface area contributed by atoms with Crippen molar-refractivity contribution in [1.82, 2.24) is 0 Å². The van der Waals surface area contributed by atoms with Gasteiger partial charge >= 0.3 is 0 Å². The van der Waals surface area contributed by atoms with Gasteiger partial charge in [-0.2, -0.15) is 0 Å². The van der Waals surface area contributed by atoms with Crippen LogP contribution in [0.1, 0.15) is 37.4 Å². The zero-order valence-electron chi connectivity index (χ0n) is 9.57. The summed E-state index contributed by atoms with van der Waals surface area (Å²) < 4.78 is 26.8. The summed E-state index contributed by atoms with van der Waals surface area (Å²) in [6.07, 6.45) is 3.64. The minimum absolute atomic E-state index is 0.131. The zero-order chi connectivity index (χ0) is 12.0. The van der Waals surface area contributed by atoms with Gasteiger partial charge in [0.25, 0.3) is 0 Å². The molecule has 0 aromatic heterocycles. The molecule has 17 heavy (non-hydrogen) atoms. The highest BCUT2D eigenvalue weighted by Crippen LogP contribution is 2.54.